The zero-order chi connectivity index (χ0) is 36.3. The van der Waals surface area contributed by atoms with E-state index in [2.05, 4.69) is 198 Å². The van der Waals surface area contributed by atoms with Gasteiger partial charge in [0.05, 0.1) is 28.1 Å². The Kier molecular flexibility index (Phi) is 7.31. The lowest BCUT2D eigenvalue weighted by Gasteiger charge is -2.28. The van der Waals surface area contributed by atoms with Gasteiger partial charge in [0.2, 0.25) is 0 Å². The molecule has 3 nitrogen and oxygen atoms in total. The molecule has 1 aliphatic rings. The molecule has 0 bridgehead atoms. The van der Waals surface area contributed by atoms with Gasteiger partial charge >= 0.3 is 0 Å². The summed E-state index contributed by atoms with van der Waals surface area (Å²) in [7, 11) is 0. The van der Waals surface area contributed by atoms with E-state index >= 15 is 0 Å². The first-order chi connectivity index (χ1) is 27.3. The van der Waals surface area contributed by atoms with E-state index in [9.17, 15) is 0 Å². The number of aromatic nitrogens is 1. The van der Waals surface area contributed by atoms with Crippen molar-refractivity contribution >= 4 is 77.2 Å². The second-order valence-corrected chi connectivity index (χ2v) is 14.3. The van der Waals surface area contributed by atoms with Crippen LogP contribution >= 0.6 is 0 Å². The van der Waals surface area contributed by atoms with Crippen molar-refractivity contribution in [1.82, 2.24) is 4.57 Å². The molecule has 3 heteroatoms. The fraction of sp³-hybridized carbons (Fsp3) is 0.0385. The highest BCUT2D eigenvalue weighted by Crippen LogP contribution is 2.47. The Morgan fingerprint density at radius 1 is 0.455 bits per heavy atom. The Hall–Kier alpha value is -7.10. The summed E-state index contributed by atoms with van der Waals surface area (Å²) in [5.74, 6) is 0. The highest BCUT2D eigenvalue weighted by atomic mass is 16.3. The third-order valence-electron chi connectivity index (χ3n) is 11.2. The van der Waals surface area contributed by atoms with Crippen LogP contribution in [-0.2, 0) is 0 Å². The van der Waals surface area contributed by atoms with Gasteiger partial charge in [0.25, 0.3) is 0 Å². The first kappa shape index (κ1) is 31.4. The van der Waals surface area contributed by atoms with E-state index in [1.165, 1.54) is 49.5 Å². The molecule has 11 rings (SSSR count). The Balaban J connectivity index is 1.14. The molecular weight excluding hydrogens is 669 g/mol. The molecule has 0 saturated carbocycles. The standard InChI is InChI=1S/C52H36N2O/c1-2-15-35(16-3-1)36-29-31-37(32-30-36)53(50-27-14-23-45-44-22-9-13-28-51(44)55-52(45)50)49-34-33-39(38-17-4-5-18-40(38)49)41-19-6-10-24-46(41)54-47-25-11-7-20-42(47)43-21-8-12-26-48(43)54/h2,4-34H,1,3H2. The van der Waals surface area contributed by atoms with E-state index < -0.39 is 0 Å². The molecule has 0 aliphatic heterocycles. The number of allylic oxidation sites excluding steroid dienone is 4. The van der Waals surface area contributed by atoms with Crippen molar-refractivity contribution in [2.75, 3.05) is 4.90 Å². The van der Waals surface area contributed by atoms with Crippen LogP contribution < -0.4 is 4.90 Å². The van der Waals surface area contributed by atoms with E-state index in [1.54, 1.807) is 0 Å². The molecule has 0 fully saturated rings. The average Bonchev–Trinajstić information content (AvgIpc) is 3.81. The second kappa shape index (κ2) is 12.8. The van der Waals surface area contributed by atoms with E-state index in [4.69, 9.17) is 4.42 Å². The van der Waals surface area contributed by atoms with Crippen LogP contribution in [0.3, 0.4) is 0 Å². The lowest BCUT2D eigenvalue weighted by atomic mass is 9.94. The van der Waals surface area contributed by atoms with Crippen LogP contribution in [0, 0.1) is 0 Å². The molecule has 8 aromatic carbocycles. The van der Waals surface area contributed by atoms with Crippen molar-refractivity contribution in [2.45, 2.75) is 12.8 Å². The number of rotatable bonds is 6. The molecular formula is C52H36N2O. The van der Waals surface area contributed by atoms with Crippen LogP contribution in [0.25, 0.3) is 76.9 Å². The minimum Gasteiger partial charge on any atom is -0.454 e. The number of para-hydroxylation sites is 5. The minimum absolute atomic E-state index is 0.871. The number of hydrogen-bond acceptors (Lipinski definition) is 2. The van der Waals surface area contributed by atoms with Crippen LogP contribution in [-0.4, -0.2) is 4.57 Å². The molecule has 1 aliphatic carbocycles. The van der Waals surface area contributed by atoms with E-state index in [0.717, 1.165) is 62.9 Å². The summed E-state index contributed by atoms with van der Waals surface area (Å²) in [6.07, 6.45) is 9.03. The predicted octanol–water partition coefficient (Wildman–Crippen LogP) is 14.7. The minimum atomic E-state index is 0.871. The van der Waals surface area contributed by atoms with Crippen LogP contribution in [0.4, 0.5) is 17.1 Å². The van der Waals surface area contributed by atoms with Crippen molar-refractivity contribution < 1.29 is 4.42 Å². The molecule has 0 unspecified atom stereocenters. The number of anilines is 3. The zero-order valence-electron chi connectivity index (χ0n) is 30.2. The van der Waals surface area contributed by atoms with Crippen molar-refractivity contribution in [3.05, 3.63) is 200 Å². The lowest BCUT2D eigenvalue weighted by molar-refractivity contribution is 0.669. The normalized spacial score (nSPS) is 13.0. The van der Waals surface area contributed by atoms with E-state index in [-0.39, 0.29) is 0 Å². The van der Waals surface area contributed by atoms with Crippen molar-refractivity contribution in [3.8, 4) is 16.8 Å². The summed E-state index contributed by atoms with van der Waals surface area (Å²) in [4.78, 5) is 2.38. The molecule has 2 heterocycles. The Labute approximate surface area is 319 Å². The molecule has 0 amide bonds. The van der Waals surface area contributed by atoms with Gasteiger partial charge < -0.3 is 13.9 Å². The summed E-state index contributed by atoms with van der Waals surface area (Å²) in [5.41, 5.74) is 13.3. The van der Waals surface area contributed by atoms with Crippen LogP contribution in [0.1, 0.15) is 18.4 Å². The predicted molar refractivity (Wildman–Crippen MR) is 232 cm³/mol. The molecule has 0 atom stereocenters. The van der Waals surface area contributed by atoms with Crippen LogP contribution in [0.5, 0.6) is 0 Å². The number of benzene rings is 8. The zero-order valence-corrected chi connectivity index (χ0v) is 30.2. The van der Waals surface area contributed by atoms with Gasteiger partial charge in [-0.3, -0.25) is 0 Å². The first-order valence-electron chi connectivity index (χ1n) is 19.1. The Morgan fingerprint density at radius 2 is 1.11 bits per heavy atom. The molecule has 0 radical (unpaired) electrons. The van der Waals surface area contributed by atoms with E-state index in [0.29, 0.717) is 0 Å². The summed E-state index contributed by atoms with van der Waals surface area (Å²) >= 11 is 0. The summed E-state index contributed by atoms with van der Waals surface area (Å²) in [6, 6.07) is 63.6. The topological polar surface area (TPSA) is 21.3 Å². The van der Waals surface area contributed by atoms with Gasteiger partial charge in [-0.15, -0.1) is 0 Å². The summed E-state index contributed by atoms with van der Waals surface area (Å²) < 4.78 is 9.12. The highest BCUT2D eigenvalue weighted by molar-refractivity contribution is 6.14. The van der Waals surface area contributed by atoms with Crippen molar-refractivity contribution in [2.24, 2.45) is 0 Å². The molecule has 10 aromatic rings. The molecule has 2 aromatic heterocycles. The largest absolute Gasteiger partial charge is 0.454 e. The van der Waals surface area contributed by atoms with Gasteiger partial charge in [-0.25, -0.2) is 0 Å². The summed E-state index contributed by atoms with van der Waals surface area (Å²) in [5, 5.41) is 7.08. The molecule has 0 spiro atoms. The maximum atomic E-state index is 6.70. The smallest absolute Gasteiger partial charge is 0.159 e. The first-order valence-corrected chi connectivity index (χ1v) is 19.1. The average molecular weight is 705 g/mol. The third-order valence-corrected chi connectivity index (χ3v) is 11.2. The highest BCUT2D eigenvalue weighted by Gasteiger charge is 2.23. The lowest BCUT2D eigenvalue weighted by Crippen LogP contribution is -2.11. The number of fused-ring (bicyclic) bond motifs is 7. The summed E-state index contributed by atoms with van der Waals surface area (Å²) in [6.45, 7) is 0. The fourth-order valence-corrected chi connectivity index (χ4v) is 8.74. The molecule has 260 valence electrons. The fourth-order valence-electron chi connectivity index (χ4n) is 8.74. The van der Waals surface area contributed by atoms with E-state index in [1.807, 2.05) is 6.07 Å². The number of nitrogens with zero attached hydrogens (tertiary/aromatic N) is 2. The monoisotopic (exact) mass is 704 g/mol. The number of furan rings is 1. The second-order valence-electron chi connectivity index (χ2n) is 14.3. The maximum Gasteiger partial charge on any atom is 0.159 e. The van der Waals surface area contributed by atoms with Crippen LogP contribution in [0.15, 0.2) is 199 Å². The molecule has 0 N–H and O–H groups in total. The van der Waals surface area contributed by atoms with Crippen LogP contribution in [0.2, 0.25) is 0 Å². The quantitative estimate of drug-likeness (QED) is 0.172. The van der Waals surface area contributed by atoms with Gasteiger partial charge in [-0.1, -0.05) is 146 Å². The molecule has 0 saturated heterocycles. The van der Waals surface area contributed by atoms with Gasteiger partial charge in [-0.2, -0.15) is 0 Å². The van der Waals surface area contributed by atoms with Gasteiger partial charge in [0, 0.05) is 38.2 Å². The third kappa shape index (κ3) is 5.04. The SMILES string of the molecule is C1=CC(c2ccc(N(c3ccc(-c4ccccc4-n4c5ccccc5c5ccccc54)c4ccccc34)c3cccc4c3oc3ccccc34)cc2)=CCC1. The Morgan fingerprint density at radius 3 is 1.87 bits per heavy atom. The van der Waals surface area contributed by atoms with Crippen molar-refractivity contribution in [3.63, 3.8) is 0 Å². The number of hydrogen-bond donors (Lipinski definition) is 0. The maximum absolute atomic E-state index is 6.70. The Bertz CT molecular complexity index is 3100. The molecule has 55 heavy (non-hydrogen) atoms. The van der Waals surface area contributed by atoms with Gasteiger partial charge in [-0.05, 0) is 83.5 Å². The van der Waals surface area contributed by atoms with Crippen molar-refractivity contribution in [1.29, 1.82) is 0 Å². The van der Waals surface area contributed by atoms with Gasteiger partial charge in [0.15, 0.2) is 5.58 Å². The van der Waals surface area contributed by atoms with Gasteiger partial charge in [0.1, 0.15) is 5.58 Å².